The zero-order valence-corrected chi connectivity index (χ0v) is 19.2. The van der Waals surface area contributed by atoms with E-state index in [1.54, 1.807) is 6.92 Å². The highest BCUT2D eigenvalue weighted by atomic mass is 16.5. The van der Waals surface area contributed by atoms with Gasteiger partial charge in [0.05, 0.1) is 6.54 Å². The van der Waals surface area contributed by atoms with Crippen molar-refractivity contribution in [2.75, 3.05) is 13.2 Å². The van der Waals surface area contributed by atoms with E-state index in [1.165, 1.54) is 0 Å². The standard InChI is InChI=1S/C25H32N2O4/c1-15(2)19-9-11-20(12-10-19)25(6)23(29)27(24(30)26-25)13-21(28)14-31-22-17(4)8-7-16(3)18(22)5/h7-12,15,21,28H,13-14H2,1-6H3,(H,26,30)/t21-,25+/m0/s1. The minimum atomic E-state index is -1.16. The number of imide groups is 1. The summed E-state index contributed by atoms with van der Waals surface area (Å²) in [7, 11) is 0. The minimum absolute atomic E-state index is 0.0119. The Bertz CT molecular complexity index is 984. The van der Waals surface area contributed by atoms with Gasteiger partial charge in [0.1, 0.15) is 24.0 Å². The lowest BCUT2D eigenvalue weighted by Gasteiger charge is -2.24. The summed E-state index contributed by atoms with van der Waals surface area (Å²) >= 11 is 0. The first-order valence-electron chi connectivity index (χ1n) is 10.7. The molecule has 0 spiro atoms. The van der Waals surface area contributed by atoms with Crippen LogP contribution in [0.5, 0.6) is 5.75 Å². The molecule has 2 atom stereocenters. The number of β-amino-alcohol motifs (C(OH)–C–C–N with tert-alkyl or cyclic N) is 1. The summed E-state index contributed by atoms with van der Waals surface area (Å²) in [4.78, 5) is 26.7. The average Bonchev–Trinajstić information content (AvgIpc) is 2.95. The SMILES string of the molecule is Cc1ccc(C)c(OC[C@@H](O)CN2C(=O)N[C@](C)(c3ccc(C(C)C)cc3)C2=O)c1C. The highest BCUT2D eigenvalue weighted by Crippen LogP contribution is 2.30. The summed E-state index contributed by atoms with van der Waals surface area (Å²) in [5, 5.41) is 13.3. The van der Waals surface area contributed by atoms with E-state index in [1.807, 2.05) is 57.2 Å². The molecule has 0 saturated carbocycles. The third-order valence-corrected chi connectivity index (χ3v) is 6.12. The molecule has 0 radical (unpaired) electrons. The first-order valence-corrected chi connectivity index (χ1v) is 10.7. The molecule has 0 aromatic heterocycles. The molecule has 1 aliphatic rings. The van der Waals surface area contributed by atoms with Gasteiger partial charge >= 0.3 is 6.03 Å². The fourth-order valence-corrected chi connectivity index (χ4v) is 3.85. The number of amides is 3. The second-order valence-corrected chi connectivity index (χ2v) is 8.87. The van der Waals surface area contributed by atoms with Crippen molar-refractivity contribution in [3.63, 3.8) is 0 Å². The van der Waals surface area contributed by atoms with Crippen molar-refractivity contribution in [2.24, 2.45) is 0 Å². The molecule has 3 rings (SSSR count). The van der Waals surface area contributed by atoms with E-state index >= 15 is 0 Å². The minimum Gasteiger partial charge on any atom is -0.490 e. The molecule has 2 aromatic rings. The fraction of sp³-hybridized carbons (Fsp3) is 0.440. The van der Waals surface area contributed by atoms with Crippen molar-refractivity contribution >= 4 is 11.9 Å². The van der Waals surface area contributed by atoms with Gasteiger partial charge in [-0.3, -0.25) is 9.69 Å². The van der Waals surface area contributed by atoms with E-state index in [9.17, 15) is 14.7 Å². The second-order valence-electron chi connectivity index (χ2n) is 8.87. The van der Waals surface area contributed by atoms with Crippen LogP contribution >= 0.6 is 0 Å². The number of nitrogens with one attached hydrogen (secondary N) is 1. The molecule has 1 aliphatic heterocycles. The molecule has 166 valence electrons. The van der Waals surface area contributed by atoms with Crippen LogP contribution in [-0.4, -0.2) is 41.2 Å². The number of hydrogen-bond acceptors (Lipinski definition) is 4. The van der Waals surface area contributed by atoms with E-state index in [-0.39, 0.29) is 19.1 Å². The maximum absolute atomic E-state index is 13.1. The van der Waals surface area contributed by atoms with Gasteiger partial charge in [0, 0.05) is 0 Å². The topological polar surface area (TPSA) is 78.9 Å². The Kier molecular flexibility index (Phi) is 6.41. The molecule has 1 heterocycles. The van der Waals surface area contributed by atoms with Gasteiger partial charge in [-0.1, -0.05) is 50.2 Å². The molecule has 6 heteroatoms. The molecule has 1 fully saturated rings. The predicted molar refractivity (Wildman–Crippen MR) is 120 cm³/mol. The van der Waals surface area contributed by atoms with Crippen molar-refractivity contribution in [2.45, 2.75) is 59.1 Å². The maximum atomic E-state index is 13.1. The summed E-state index contributed by atoms with van der Waals surface area (Å²) in [6, 6.07) is 11.2. The number of urea groups is 1. The van der Waals surface area contributed by atoms with Crippen molar-refractivity contribution in [1.82, 2.24) is 10.2 Å². The van der Waals surface area contributed by atoms with Gasteiger partial charge in [0.25, 0.3) is 5.91 Å². The Hall–Kier alpha value is -2.86. The van der Waals surface area contributed by atoms with E-state index in [0.29, 0.717) is 5.92 Å². The van der Waals surface area contributed by atoms with Crippen LogP contribution in [0.2, 0.25) is 0 Å². The summed E-state index contributed by atoms with van der Waals surface area (Å²) in [6.07, 6.45) is -1.00. The number of nitrogens with zero attached hydrogens (tertiary/aromatic N) is 1. The van der Waals surface area contributed by atoms with Crippen LogP contribution in [0.3, 0.4) is 0 Å². The third kappa shape index (κ3) is 4.44. The first kappa shape index (κ1) is 22.8. The Labute approximate surface area is 184 Å². The Morgan fingerprint density at radius 2 is 1.65 bits per heavy atom. The Morgan fingerprint density at radius 1 is 1.03 bits per heavy atom. The van der Waals surface area contributed by atoms with Crippen molar-refractivity contribution in [1.29, 1.82) is 0 Å². The first-order chi connectivity index (χ1) is 14.5. The molecule has 31 heavy (non-hydrogen) atoms. The van der Waals surface area contributed by atoms with Gasteiger partial charge in [0.2, 0.25) is 0 Å². The van der Waals surface area contributed by atoms with Gasteiger partial charge in [-0.2, -0.15) is 0 Å². The zero-order valence-electron chi connectivity index (χ0n) is 19.2. The van der Waals surface area contributed by atoms with E-state index < -0.39 is 17.7 Å². The summed E-state index contributed by atoms with van der Waals surface area (Å²) < 4.78 is 5.84. The highest BCUT2D eigenvalue weighted by molar-refractivity contribution is 6.07. The number of benzene rings is 2. The number of hydrogen-bond donors (Lipinski definition) is 2. The van der Waals surface area contributed by atoms with Crippen LogP contribution in [0.4, 0.5) is 4.79 Å². The number of carbonyl (C=O) groups excluding carboxylic acids is 2. The lowest BCUT2D eigenvalue weighted by Crippen LogP contribution is -2.42. The fourth-order valence-electron chi connectivity index (χ4n) is 3.85. The number of aliphatic hydroxyl groups is 1. The molecular formula is C25H32N2O4. The van der Waals surface area contributed by atoms with Crippen LogP contribution in [0, 0.1) is 20.8 Å². The van der Waals surface area contributed by atoms with E-state index in [4.69, 9.17) is 4.74 Å². The lowest BCUT2D eigenvalue weighted by molar-refractivity contribution is -0.132. The van der Waals surface area contributed by atoms with Crippen LogP contribution in [0.1, 0.15) is 54.5 Å². The predicted octanol–water partition coefficient (Wildman–Crippen LogP) is 3.94. The average molecular weight is 425 g/mol. The zero-order chi connectivity index (χ0) is 22.9. The van der Waals surface area contributed by atoms with Crippen LogP contribution in [0.15, 0.2) is 36.4 Å². The quantitative estimate of drug-likeness (QED) is 0.660. The molecule has 2 aromatic carbocycles. The van der Waals surface area contributed by atoms with E-state index in [0.717, 1.165) is 38.5 Å². The lowest BCUT2D eigenvalue weighted by atomic mass is 9.90. The van der Waals surface area contributed by atoms with Crippen LogP contribution < -0.4 is 10.1 Å². The van der Waals surface area contributed by atoms with Gasteiger partial charge in [-0.25, -0.2) is 4.79 Å². The van der Waals surface area contributed by atoms with Crippen LogP contribution in [0.25, 0.3) is 0 Å². The molecule has 0 bridgehead atoms. The molecule has 6 nitrogen and oxygen atoms in total. The second kappa shape index (κ2) is 8.71. The van der Waals surface area contributed by atoms with Gasteiger partial charge in [-0.15, -0.1) is 0 Å². The largest absolute Gasteiger partial charge is 0.490 e. The number of ether oxygens (including phenoxy) is 1. The number of aryl methyl sites for hydroxylation is 2. The van der Waals surface area contributed by atoms with E-state index in [2.05, 4.69) is 19.2 Å². The van der Waals surface area contributed by atoms with Gasteiger partial charge in [0.15, 0.2) is 0 Å². The third-order valence-electron chi connectivity index (χ3n) is 6.12. The molecule has 1 saturated heterocycles. The van der Waals surface area contributed by atoms with Gasteiger partial charge in [-0.05, 0) is 61.4 Å². The molecule has 0 unspecified atom stereocenters. The Morgan fingerprint density at radius 3 is 2.26 bits per heavy atom. The Balaban J connectivity index is 1.69. The normalized spacial score (nSPS) is 19.7. The number of rotatable bonds is 7. The highest BCUT2D eigenvalue weighted by Gasteiger charge is 2.49. The number of aliphatic hydroxyl groups excluding tert-OH is 1. The summed E-state index contributed by atoms with van der Waals surface area (Å²) in [6.45, 7) is 11.7. The summed E-state index contributed by atoms with van der Waals surface area (Å²) in [5.41, 5.74) is 3.81. The van der Waals surface area contributed by atoms with Crippen molar-refractivity contribution in [3.8, 4) is 5.75 Å². The smallest absolute Gasteiger partial charge is 0.325 e. The summed E-state index contributed by atoms with van der Waals surface area (Å²) in [5.74, 6) is 0.728. The molecule has 2 N–H and O–H groups in total. The van der Waals surface area contributed by atoms with Crippen LogP contribution in [-0.2, 0) is 10.3 Å². The molecule has 0 aliphatic carbocycles. The maximum Gasteiger partial charge on any atom is 0.325 e. The number of carbonyl (C=O) groups is 2. The van der Waals surface area contributed by atoms with Crippen molar-refractivity contribution in [3.05, 3.63) is 64.2 Å². The van der Waals surface area contributed by atoms with Crippen molar-refractivity contribution < 1.29 is 19.4 Å². The van der Waals surface area contributed by atoms with Gasteiger partial charge < -0.3 is 15.2 Å². The molecular weight excluding hydrogens is 392 g/mol. The molecule has 3 amide bonds. The monoisotopic (exact) mass is 424 g/mol.